The van der Waals surface area contributed by atoms with Gasteiger partial charge in [-0.1, -0.05) is 63.6 Å². The zero-order valence-corrected chi connectivity index (χ0v) is 44.6. The molecule has 0 saturated carbocycles. The minimum atomic E-state index is -5.05. The first-order valence-electron chi connectivity index (χ1n) is 22.8. The van der Waals surface area contributed by atoms with Crippen molar-refractivity contribution in [2.45, 2.75) is 95.7 Å². The number of ether oxygens (including phenoxy) is 2. The predicted molar refractivity (Wildman–Crippen MR) is 273 cm³/mol. The molecule has 0 aromatic heterocycles. The normalized spacial score (nSPS) is 19.0. The molecule has 0 spiro atoms. The van der Waals surface area contributed by atoms with E-state index in [0.29, 0.717) is 60.1 Å². The Morgan fingerprint density at radius 2 is 1.26 bits per heavy atom. The van der Waals surface area contributed by atoms with Gasteiger partial charge >= 0.3 is 5.97 Å². The lowest BCUT2D eigenvalue weighted by molar-refractivity contribution is -0.137. The van der Waals surface area contributed by atoms with E-state index >= 15 is 0 Å². The molecular weight excluding hydrogens is 1050 g/mol. The van der Waals surface area contributed by atoms with Gasteiger partial charge in [0.1, 0.15) is 9.79 Å². The van der Waals surface area contributed by atoms with Crippen LogP contribution in [0.3, 0.4) is 0 Å². The Hall–Kier alpha value is -4.84. The number of carboxylic acid groups (broad SMARTS) is 1. The molecule has 21 nitrogen and oxygen atoms in total. The minimum Gasteiger partial charge on any atom is -0.481 e. The Kier molecular flexibility index (Phi) is 17.1. The summed E-state index contributed by atoms with van der Waals surface area (Å²) >= 11 is 0. The standard InChI is InChI=1S/C47H59N3O18S5/c1-46(2)41(49(22-11-7-10-15-43(51)52)37-18-16-33-35(44(37)46)28-32(71(58,59)60)30-40(33)73(64,65)66)13-8-6-9-14-42-47(3,20-12-26-69(53,54)55)45-36-27-31(70(56,57)48-21-24-67-4)29-39(72(61,62)63)34(36)17-19-38(45)50(42)23-25-68-5/h6,8-9,13-14,16-19,27-30,42,48H,7,10-12,15,20-26H2,1-5H3,(H,51,52)(H,53,54,55)(H,58,59,60)(H,61,62,63)(H,64,65,66)/b8-6+,14-9+,41-13+. The molecule has 400 valence electrons. The average molecular weight is 1110 g/mol. The first kappa shape index (κ1) is 57.4. The largest absolute Gasteiger partial charge is 0.481 e. The third-order valence-electron chi connectivity index (χ3n) is 13.3. The number of fused-ring (bicyclic) bond motifs is 6. The Bertz CT molecular complexity index is 3480. The van der Waals surface area contributed by atoms with Crippen molar-refractivity contribution in [3.63, 3.8) is 0 Å². The molecule has 2 aliphatic rings. The lowest BCUT2D eigenvalue weighted by atomic mass is 9.73. The maximum absolute atomic E-state index is 13.7. The van der Waals surface area contributed by atoms with Crippen LogP contribution in [0.1, 0.15) is 70.4 Å². The van der Waals surface area contributed by atoms with E-state index in [1.165, 1.54) is 32.4 Å². The lowest BCUT2D eigenvalue weighted by Crippen LogP contribution is -2.43. The number of carboxylic acids is 1. The van der Waals surface area contributed by atoms with Crippen molar-refractivity contribution in [2.24, 2.45) is 0 Å². The summed E-state index contributed by atoms with van der Waals surface area (Å²) < 4.78 is 181. The Morgan fingerprint density at radius 3 is 1.84 bits per heavy atom. The zero-order valence-electron chi connectivity index (χ0n) is 40.5. The number of hydrogen-bond acceptors (Lipinski definition) is 15. The van der Waals surface area contributed by atoms with Crippen LogP contribution >= 0.6 is 0 Å². The van der Waals surface area contributed by atoms with E-state index in [1.807, 2.05) is 29.7 Å². The Morgan fingerprint density at radius 1 is 0.671 bits per heavy atom. The SMILES string of the molecule is COCCNS(=O)(=O)c1cc(S(=O)(=O)O)c2ccc3c(c2c1)C(C)(CCCS(=O)(=O)O)C(/C=C/C=C/C=C1/N(CCCCCC(=O)O)c2ccc4c(S(=O)(=O)O)cc(S(=O)(=O)O)cc4c2C1(C)C)N3CCOC. The van der Waals surface area contributed by atoms with Crippen LogP contribution in [0.25, 0.3) is 21.5 Å². The van der Waals surface area contributed by atoms with Crippen LogP contribution < -0.4 is 14.5 Å². The first-order chi connectivity index (χ1) is 33.9. The molecule has 4 aromatic rings. The maximum Gasteiger partial charge on any atom is 0.303 e. The van der Waals surface area contributed by atoms with E-state index < -0.39 is 98.7 Å². The van der Waals surface area contributed by atoms with Crippen molar-refractivity contribution < 1.29 is 79.7 Å². The van der Waals surface area contributed by atoms with Gasteiger partial charge in [-0.15, -0.1) is 0 Å². The van der Waals surface area contributed by atoms with Crippen LogP contribution in [-0.2, 0) is 75.6 Å². The van der Waals surface area contributed by atoms with Crippen molar-refractivity contribution in [2.75, 3.05) is 62.6 Å². The quantitative estimate of drug-likeness (QED) is 0.0272. The van der Waals surface area contributed by atoms with Gasteiger partial charge in [-0.25, -0.2) is 13.1 Å². The number of nitrogens with one attached hydrogen (secondary N) is 1. The second-order valence-electron chi connectivity index (χ2n) is 18.5. The van der Waals surface area contributed by atoms with Crippen LogP contribution in [0.15, 0.2) is 104 Å². The molecule has 0 aliphatic carbocycles. The van der Waals surface area contributed by atoms with E-state index in [2.05, 4.69) is 4.72 Å². The van der Waals surface area contributed by atoms with E-state index in [-0.39, 0.29) is 67.1 Å². The number of anilines is 2. The molecule has 26 heteroatoms. The fourth-order valence-corrected chi connectivity index (χ4v) is 13.8. The molecular formula is C47H59N3O18S5. The summed E-state index contributed by atoms with van der Waals surface area (Å²) in [5.74, 6) is -1.59. The number of allylic oxidation sites excluding steroid dienone is 5. The summed E-state index contributed by atoms with van der Waals surface area (Å²) in [6.45, 7) is 6.02. The number of methoxy groups -OCH3 is 2. The van der Waals surface area contributed by atoms with Crippen molar-refractivity contribution in [3.8, 4) is 0 Å². The monoisotopic (exact) mass is 1110 g/mol. The maximum atomic E-state index is 13.7. The Labute approximate surface area is 425 Å². The highest BCUT2D eigenvalue weighted by Crippen LogP contribution is 2.54. The topological polar surface area (TPSA) is 326 Å². The fourth-order valence-electron chi connectivity index (χ4n) is 10.1. The number of aliphatic carboxylic acids is 1. The van der Waals surface area contributed by atoms with Gasteiger partial charge < -0.3 is 24.4 Å². The summed E-state index contributed by atoms with van der Waals surface area (Å²) in [5, 5.41) is 9.48. The average Bonchev–Trinajstić information content (AvgIpc) is 3.64. The third kappa shape index (κ3) is 12.5. The summed E-state index contributed by atoms with van der Waals surface area (Å²) in [6.07, 6.45) is 10.1. The molecule has 4 aromatic carbocycles. The summed E-state index contributed by atoms with van der Waals surface area (Å²) in [7, 11) is -21.1. The number of nitrogens with zero attached hydrogens (tertiary/aromatic N) is 2. The number of sulfonamides is 1. The van der Waals surface area contributed by atoms with Crippen LogP contribution in [-0.4, -0.2) is 130 Å². The smallest absolute Gasteiger partial charge is 0.303 e. The molecule has 2 aliphatic heterocycles. The van der Waals surface area contributed by atoms with Crippen LogP contribution in [0.2, 0.25) is 0 Å². The van der Waals surface area contributed by atoms with Crippen LogP contribution in [0.5, 0.6) is 0 Å². The minimum absolute atomic E-state index is 0.00309. The van der Waals surface area contributed by atoms with Crippen molar-refractivity contribution in [1.29, 1.82) is 0 Å². The fraction of sp³-hybridized carbons (Fsp3) is 0.426. The van der Waals surface area contributed by atoms with Gasteiger partial charge in [0, 0.05) is 78.9 Å². The van der Waals surface area contributed by atoms with Gasteiger partial charge in [-0.3, -0.25) is 23.0 Å². The number of unbranched alkanes of at least 4 members (excludes halogenated alkanes) is 2. The van der Waals surface area contributed by atoms with Gasteiger partial charge in [0.2, 0.25) is 10.0 Å². The summed E-state index contributed by atoms with van der Waals surface area (Å²) in [5.41, 5.74) is 0.470. The van der Waals surface area contributed by atoms with Crippen molar-refractivity contribution in [3.05, 3.63) is 95.7 Å². The molecule has 6 N–H and O–H groups in total. The molecule has 2 atom stereocenters. The summed E-state index contributed by atoms with van der Waals surface area (Å²) in [4.78, 5) is 12.5. The lowest BCUT2D eigenvalue weighted by Gasteiger charge is -2.35. The third-order valence-corrected chi connectivity index (χ3v) is 18.1. The molecule has 2 unspecified atom stereocenters. The van der Waals surface area contributed by atoms with Crippen LogP contribution in [0.4, 0.5) is 11.4 Å². The van der Waals surface area contributed by atoms with E-state index in [4.69, 9.17) is 9.47 Å². The van der Waals surface area contributed by atoms with E-state index in [0.717, 1.165) is 12.1 Å². The van der Waals surface area contributed by atoms with E-state index in [9.17, 15) is 70.2 Å². The zero-order chi connectivity index (χ0) is 54.1. The van der Waals surface area contributed by atoms with Gasteiger partial charge in [-0.2, -0.15) is 33.7 Å². The highest BCUT2D eigenvalue weighted by atomic mass is 32.2. The molecule has 73 heavy (non-hydrogen) atoms. The molecule has 6 rings (SSSR count). The molecule has 2 heterocycles. The molecule has 0 fully saturated rings. The number of carbonyl (C=O) groups is 1. The van der Waals surface area contributed by atoms with Gasteiger partial charge in [-0.05, 0) is 90.1 Å². The van der Waals surface area contributed by atoms with Crippen molar-refractivity contribution in [1.82, 2.24) is 4.72 Å². The number of rotatable bonds is 24. The van der Waals surface area contributed by atoms with E-state index in [1.54, 1.807) is 43.4 Å². The molecule has 0 saturated heterocycles. The van der Waals surface area contributed by atoms with Gasteiger partial charge in [0.15, 0.2) is 0 Å². The summed E-state index contributed by atoms with van der Waals surface area (Å²) in [6, 6.07) is 9.41. The molecule has 0 radical (unpaired) electrons. The van der Waals surface area contributed by atoms with Crippen LogP contribution in [0, 0.1) is 0 Å². The molecule has 0 bridgehead atoms. The van der Waals surface area contributed by atoms with Gasteiger partial charge in [0.05, 0.1) is 34.8 Å². The Balaban J connectivity index is 1.51. The second kappa shape index (κ2) is 21.8. The second-order valence-corrected chi connectivity index (χ2v) is 26.0. The number of benzene rings is 4. The molecule has 0 amide bonds. The van der Waals surface area contributed by atoms with Gasteiger partial charge in [0.25, 0.3) is 40.5 Å². The highest BCUT2D eigenvalue weighted by Gasteiger charge is 2.48. The highest BCUT2D eigenvalue weighted by molar-refractivity contribution is 7.89. The predicted octanol–water partition coefficient (Wildman–Crippen LogP) is 5.86. The van der Waals surface area contributed by atoms with Crippen molar-refractivity contribution >= 4 is 89.4 Å². The first-order valence-corrected chi connectivity index (χ1v) is 30.2. The number of hydrogen-bond donors (Lipinski definition) is 6.